The monoisotopic (exact) mass is 304 g/mol. The molecule has 0 bridgehead atoms. The second-order valence-electron chi connectivity index (χ2n) is 5.75. The summed E-state index contributed by atoms with van der Waals surface area (Å²) in [6.45, 7) is 8.27. The molecule has 2 atom stereocenters. The SMILES string of the molecule is Cc1cnn(C(C)C(C)NCC(=O)Nc2cc(C)nn2C)c1. The molecule has 0 aliphatic heterocycles. The molecule has 0 fully saturated rings. The number of nitrogens with one attached hydrogen (secondary N) is 2. The average Bonchev–Trinajstić information content (AvgIpc) is 3.01. The highest BCUT2D eigenvalue weighted by Crippen LogP contribution is 2.11. The second kappa shape index (κ2) is 6.74. The van der Waals surface area contributed by atoms with Crippen LogP contribution in [0.5, 0.6) is 0 Å². The number of hydrogen-bond acceptors (Lipinski definition) is 4. The van der Waals surface area contributed by atoms with E-state index in [0.717, 1.165) is 11.3 Å². The maximum Gasteiger partial charge on any atom is 0.239 e. The van der Waals surface area contributed by atoms with Gasteiger partial charge >= 0.3 is 0 Å². The summed E-state index contributed by atoms with van der Waals surface area (Å²) < 4.78 is 3.57. The van der Waals surface area contributed by atoms with Crippen LogP contribution in [0.4, 0.5) is 5.82 Å². The van der Waals surface area contributed by atoms with Gasteiger partial charge < -0.3 is 10.6 Å². The summed E-state index contributed by atoms with van der Waals surface area (Å²) in [4.78, 5) is 12.0. The zero-order valence-electron chi connectivity index (χ0n) is 13.8. The first-order valence-electron chi connectivity index (χ1n) is 7.41. The summed E-state index contributed by atoms with van der Waals surface area (Å²) in [5.41, 5.74) is 2.00. The Morgan fingerprint density at radius 2 is 2.09 bits per heavy atom. The molecule has 7 heteroatoms. The highest BCUT2D eigenvalue weighted by atomic mass is 16.2. The molecule has 7 nitrogen and oxygen atoms in total. The van der Waals surface area contributed by atoms with E-state index in [-0.39, 0.29) is 24.5 Å². The molecule has 0 saturated heterocycles. The molecule has 0 aliphatic carbocycles. The fraction of sp³-hybridized carbons (Fsp3) is 0.533. The van der Waals surface area contributed by atoms with Gasteiger partial charge in [0.1, 0.15) is 5.82 Å². The standard InChI is InChI=1S/C15H24N6O/c1-10-7-17-21(9-10)13(4)12(3)16-8-15(22)18-14-6-11(2)19-20(14)5/h6-7,9,12-13,16H,8H2,1-5H3,(H,18,22). The van der Waals surface area contributed by atoms with Crippen LogP contribution < -0.4 is 10.6 Å². The van der Waals surface area contributed by atoms with E-state index in [2.05, 4.69) is 27.8 Å². The minimum Gasteiger partial charge on any atom is -0.310 e. The Bertz CT molecular complexity index is 644. The van der Waals surface area contributed by atoms with E-state index in [4.69, 9.17) is 0 Å². The van der Waals surface area contributed by atoms with E-state index in [1.807, 2.05) is 43.9 Å². The molecular weight excluding hydrogens is 280 g/mol. The molecule has 0 spiro atoms. The van der Waals surface area contributed by atoms with E-state index in [0.29, 0.717) is 5.82 Å². The molecule has 2 unspecified atom stereocenters. The molecule has 2 rings (SSSR count). The van der Waals surface area contributed by atoms with Crippen LogP contribution in [0.15, 0.2) is 18.5 Å². The van der Waals surface area contributed by atoms with Gasteiger partial charge in [-0.2, -0.15) is 10.2 Å². The quantitative estimate of drug-likeness (QED) is 0.846. The summed E-state index contributed by atoms with van der Waals surface area (Å²) in [6, 6.07) is 2.13. The smallest absolute Gasteiger partial charge is 0.239 e. The van der Waals surface area contributed by atoms with Crippen molar-refractivity contribution in [3.63, 3.8) is 0 Å². The molecule has 0 radical (unpaired) electrons. The zero-order valence-corrected chi connectivity index (χ0v) is 13.8. The Morgan fingerprint density at radius 3 is 2.64 bits per heavy atom. The Hall–Kier alpha value is -2.15. The topological polar surface area (TPSA) is 76.8 Å². The van der Waals surface area contributed by atoms with Crippen LogP contribution in [0.1, 0.15) is 31.1 Å². The molecule has 1 amide bonds. The van der Waals surface area contributed by atoms with Crippen LogP contribution in [-0.4, -0.2) is 38.1 Å². The van der Waals surface area contributed by atoms with Crippen molar-refractivity contribution >= 4 is 11.7 Å². The molecule has 0 aliphatic rings. The molecule has 2 aromatic rings. The van der Waals surface area contributed by atoms with Crippen molar-refractivity contribution in [2.24, 2.45) is 7.05 Å². The van der Waals surface area contributed by atoms with Gasteiger partial charge in [-0.15, -0.1) is 0 Å². The van der Waals surface area contributed by atoms with Crippen molar-refractivity contribution in [1.29, 1.82) is 0 Å². The largest absolute Gasteiger partial charge is 0.310 e. The summed E-state index contributed by atoms with van der Waals surface area (Å²) in [6.07, 6.45) is 3.84. The van der Waals surface area contributed by atoms with Gasteiger partial charge in [0.15, 0.2) is 0 Å². The maximum atomic E-state index is 12.0. The van der Waals surface area contributed by atoms with Crippen LogP contribution in [0.25, 0.3) is 0 Å². The first-order chi connectivity index (χ1) is 10.4. The number of amides is 1. The van der Waals surface area contributed by atoms with Gasteiger partial charge in [-0.1, -0.05) is 0 Å². The van der Waals surface area contributed by atoms with Crippen LogP contribution >= 0.6 is 0 Å². The number of rotatable bonds is 6. The van der Waals surface area contributed by atoms with Gasteiger partial charge in [0.2, 0.25) is 5.91 Å². The molecular formula is C15H24N6O. The Morgan fingerprint density at radius 1 is 1.36 bits per heavy atom. The van der Waals surface area contributed by atoms with E-state index in [1.165, 1.54) is 0 Å². The number of carbonyl (C=O) groups excluding carboxylic acids is 1. The van der Waals surface area contributed by atoms with Gasteiger partial charge in [-0.05, 0) is 33.3 Å². The lowest BCUT2D eigenvalue weighted by Gasteiger charge is -2.21. The summed E-state index contributed by atoms with van der Waals surface area (Å²) in [7, 11) is 1.81. The number of nitrogens with zero attached hydrogens (tertiary/aromatic N) is 4. The fourth-order valence-corrected chi connectivity index (χ4v) is 2.22. The average molecular weight is 304 g/mol. The number of hydrogen-bond donors (Lipinski definition) is 2. The lowest BCUT2D eigenvalue weighted by Crippen LogP contribution is -2.39. The Balaban J connectivity index is 1.84. The first kappa shape index (κ1) is 16.2. The Labute approximate surface area is 130 Å². The predicted molar refractivity (Wildman–Crippen MR) is 85.7 cm³/mol. The number of aryl methyl sites for hydroxylation is 3. The first-order valence-corrected chi connectivity index (χ1v) is 7.41. The minimum atomic E-state index is -0.0845. The third-order valence-electron chi connectivity index (χ3n) is 3.73. The van der Waals surface area contributed by atoms with Crippen molar-refractivity contribution in [2.45, 2.75) is 39.8 Å². The molecule has 2 heterocycles. The van der Waals surface area contributed by atoms with Crippen LogP contribution in [0, 0.1) is 13.8 Å². The van der Waals surface area contributed by atoms with Crippen LogP contribution in [0.3, 0.4) is 0 Å². The van der Waals surface area contributed by atoms with Gasteiger partial charge in [0.25, 0.3) is 0 Å². The Kier molecular flexibility index (Phi) is 4.97. The van der Waals surface area contributed by atoms with Crippen LogP contribution in [0.2, 0.25) is 0 Å². The van der Waals surface area contributed by atoms with Gasteiger partial charge in [-0.25, -0.2) is 0 Å². The van der Waals surface area contributed by atoms with E-state index in [1.54, 1.807) is 11.7 Å². The molecule has 0 aromatic carbocycles. The molecule has 2 aromatic heterocycles. The summed E-state index contributed by atoms with van der Waals surface area (Å²) >= 11 is 0. The van der Waals surface area contributed by atoms with Gasteiger partial charge in [0.05, 0.1) is 24.5 Å². The molecule has 120 valence electrons. The maximum absolute atomic E-state index is 12.0. The number of anilines is 1. The lowest BCUT2D eigenvalue weighted by atomic mass is 10.2. The van der Waals surface area contributed by atoms with Crippen molar-refractivity contribution < 1.29 is 4.79 Å². The summed E-state index contributed by atoms with van der Waals surface area (Å²) in [5, 5.41) is 14.6. The normalized spacial score (nSPS) is 13.9. The number of aromatic nitrogens is 4. The third-order valence-corrected chi connectivity index (χ3v) is 3.73. The zero-order chi connectivity index (χ0) is 16.3. The van der Waals surface area contributed by atoms with Gasteiger partial charge in [-0.3, -0.25) is 14.2 Å². The number of carbonyl (C=O) groups is 1. The molecule has 2 N–H and O–H groups in total. The van der Waals surface area contributed by atoms with E-state index >= 15 is 0 Å². The van der Waals surface area contributed by atoms with Crippen molar-refractivity contribution in [1.82, 2.24) is 24.9 Å². The van der Waals surface area contributed by atoms with Crippen molar-refractivity contribution in [3.05, 3.63) is 29.7 Å². The molecule has 0 saturated carbocycles. The minimum absolute atomic E-state index is 0.0845. The third kappa shape index (κ3) is 3.94. The van der Waals surface area contributed by atoms with Crippen molar-refractivity contribution in [3.8, 4) is 0 Å². The summed E-state index contributed by atoms with van der Waals surface area (Å²) in [5.74, 6) is 0.617. The highest BCUT2D eigenvalue weighted by molar-refractivity contribution is 5.91. The second-order valence-corrected chi connectivity index (χ2v) is 5.75. The lowest BCUT2D eigenvalue weighted by molar-refractivity contribution is -0.115. The van der Waals surface area contributed by atoms with Gasteiger partial charge in [0, 0.05) is 25.4 Å². The fourth-order valence-electron chi connectivity index (χ4n) is 2.22. The predicted octanol–water partition coefficient (Wildman–Crippen LogP) is 1.41. The van der Waals surface area contributed by atoms with E-state index in [9.17, 15) is 4.79 Å². The van der Waals surface area contributed by atoms with Crippen LogP contribution in [-0.2, 0) is 11.8 Å². The van der Waals surface area contributed by atoms with Crippen molar-refractivity contribution in [2.75, 3.05) is 11.9 Å². The van der Waals surface area contributed by atoms with E-state index < -0.39 is 0 Å². The molecule has 22 heavy (non-hydrogen) atoms. The highest BCUT2D eigenvalue weighted by Gasteiger charge is 2.16.